The molecule has 0 saturated carbocycles. The van der Waals surface area contributed by atoms with Gasteiger partial charge in [0.15, 0.2) is 0 Å². The van der Waals surface area contributed by atoms with Gasteiger partial charge in [-0.3, -0.25) is 9.69 Å². The highest BCUT2D eigenvalue weighted by Gasteiger charge is 2.25. The van der Waals surface area contributed by atoms with Crippen molar-refractivity contribution in [3.8, 4) is 0 Å². The Balaban J connectivity index is 2.00. The van der Waals surface area contributed by atoms with Crippen LogP contribution in [0, 0.1) is 0 Å². The molecular weight excluding hydrogens is 240 g/mol. The highest BCUT2D eigenvalue weighted by molar-refractivity contribution is 5.66. The molecule has 104 valence electrons. The van der Waals surface area contributed by atoms with Crippen LogP contribution in [0.1, 0.15) is 24.4 Å². The lowest BCUT2D eigenvalue weighted by atomic mass is 10.0. The third kappa shape index (κ3) is 4.04. The van der Waals surface area contributed by atoms with Gasteiger partial charge in [-0.15, -0.1) is 0 Å². The van der Waals surface area contributed by atoms with Crippen molar-refractivity contribution in [3.63, 3.8) is 0 Å². The van der Waals surface area contributed by atoms with Gasteiger partial charge in [0.2, 0.25) is 0 Å². The SMILES string of the molecule is CN1CCN(CCCC(=O)O)C(c2ccccc2)C1. The van der Waals surface area contributed by atoms with Crippen LogP contribution in [0.15, 0.2) is 30.3 Å². The van der Waals surface area contributed by atoms with Crippen molar-refractivity contribution in [2.45, 2.75) is 18.9 Å². The number of benzene rings is 1. The number of rotatable bonds is 5. The average molecular weight is 262 g/mol. The quantitative estimate of drug-likeness (QED) is 0.879. The normalized spacial score (nSPS) is 21.4. The lowest BCUT2D eigenvalue weighted by molar-refractivity contribution is -0.137. The molecule has 0 aromatic heterocycles. The molecular formula is C15H22N2O2. The summed E-state index contributed by atoms with van der Waals surface area (Å²) in [5.74, 6) is -0.703. The monoisotopic (exact) mass is 262 g/mol. The van der Waals surface area contributed by atoms with E-state index in [0.29, 0.717) is 6.04 Å². The molecule has 1 aromatic rings. The van der Waals surface area contributed by atoms with E-state index in [-0.39, 0.29) is 6.42 Å². The molecule has 1 unspecified atom stereocenters. The zero-order valence-electron chi connectivity index (χ0n) is 11.5. The van der Waals surface area contributed by atoms with Crippen LogP contribution in [0.2, 0.25) is 0 Å². The first-order valence-corrected chi connectivity index (χ1v) is 6.86. The van der Waals surface area contributed by atoms with Gasteiger partial charge in [-0.1, -0.05) is 30.3 Å². The Labute approximate surface area is 114 Å². The van der Waals surface area contributed by atoms with E-state index in [2.05, 4.69) is 41.1 Å². The first-order chi connectivity index (χ1) is 9.16. The van der Waals surface area contributed by atoms with Crippen LogP contribution in [0.5, 0.6) is 0 Å². The van der Waals surface area contributed by atoms with Gasteiger partial charge in [0.25, 0.3) is 0 Å². The minimum absolute atomic E-state index is 0.258. The lowest BCUT2D eigenvalue weighted by Gasteiger charge is -2.40. The summed E-state index contributed by atoms with van der Waals surface area (Å²) in [6.45, 7) is 3.93. The van der Waals surface area contributed by atoms with Crippen molar-refractivity contribution >= 4 is 5.97 Å². The summed E-state index contributed by atoms with van der Waals surface area (Å²) in [6, 6.07) is 10.9. The van der Waals surface area contributed by atoms with E-state index in [0.717, 1.165) is 32.6 Å². The molecule has 2 rings (SSSR count). The summed E-state index contributed by atoms with van der Waals surface area (Å²) in [4.78, 5) is 15.4. The standard InChI is InChI=1S/C15H22N2O2/c1-16-10-11-17(9-5-8-15(18)19)14(12-16)13-6-3-2-4-7-13/h2-4,6-7,14H,5,8-12H2,1H3,(H,18,19). The number of hydrogen-bond acceptors (Lipinski definition) is 3. The Bertz CT molecular complexity index is 408. The number of hydrogen-bond donors (Lipinski definition) is 1. The van der Waals surface area contributed by atoms with E-state index >= 15 is 0 Å². The Hall–Kier alpha value is -1.39. The minimum atomic E-state index is -0.703. The maximum Gasteiger partial charge on any atom is 0.303 e. The van der Waals surface area contributed by atoms with Crippen molar-refractivity contribution in [3.05, 3.63) is 35.9 Å². The van der Waals surface area contributed by atoms with Crippen molar-refractivity contribution < 1.29 is 9.90 Å². The number of carboxylic acids is 1. The number of carboxylic acid groups (broad SMARTS) is 1. The van der Waals surface area contributed by atoms with Gasteiger partial charge in [0.1, 0.15) is 0 Å². The summed E-state index contributed by atoms with van der Waals surface area (Å²) in [5, 5.41) is 8.74. The molecule has 4 nitrogen and oxygen atoms in total. The highest BCUT2D eigenvalue weighted by Crippen LogP contribution is 2.24. The van der Waals surface area contributed by atoms with E-state index in [4.69, 9.17) is 5.11 Å². The molecule has 1 aliphatic heterocycles. The van der Waals surface area contributed by atoms with Crippen molar-refractivity contribution in [1.29, 1.82) is 0 Å². The molecule has 0 radical (unpaired) electrons. The molecule has 0 spiro atoms. The number of nitrogens with zero attached hydrogens (tertiary/aromatic N) is 2. The molecule has 1 aliphatic rings. The first kappa shape index (κ1) is 14.0. The fraction of sp³-hybridized carbons (Fsp3) is 0.533. The van der Waals surface area contributed by atoms with Crippen LogP contribution in [0.25, 0.3) is 0 Å². The van der Waals surface area contributed by atoms with Gasteiger partial charge in [0, 0.05) is 32.1 Å². The van der Waals surface area contributed by atoms with E-state index in [1.54, 1.807) is 0 Å². The van der Waals surface area contributed by atoms with Crippen LogP contribution in [0.3, 0.4) is 0 Å². The average Bonchev–Trinajstić information content (AvgIpc) is 2.41. The van der Waals surface area contributed by atoms with Gasteiger partial charge in [-0.05, 0) is 25.6 Å². The number of piperazine rings is 1. The Kier molecular flexibility index (Phi) is 4.93. The van der Waals surface area contributed by atoms with Crippen LogP contribution < -0.4 is 0 Å². The van der Waals surface area contributed by atoms with Crippen LogP contribution >= 0.6 is 0 Å². The van der Waals surface area contributed by atoms with Crippen LogP contribution in [-0.4, -0.2) is 54.1 Å². The topological polar surface area (TPSA) is 43.8 Å². The molecule has 4 heteroatoms. The van der Waals surface area contributed by atoms with Gasteiger partial charge in [0.05, 0.1) is 0 Å². The molecule has 1 heterocycles. The van der Waals surface area contributed by atoms with E-state index in [9.17, 15) is 4.79 Å². The Morgan fingerprint density at radius 2 is 2.05 bits per heavy atom. The van der Waals surface area contributed by atoms with E-state index in [1.165, 1.54) is 5.56 Å². The van der Waals surface area contributed by atoms with E-state index < -0.39 is 5.97 Å². The number of likely N-dealkylation sites (N-methyl/N-ethyl adjacent to an activating group) is 1. The molecule has 1 fully saturated rings. The smallest absolute Gasteiger partial charge is 0.303 e. The maximum absolute atomic E-state index is 10.6. The summed E-state index contributed by atoms with van der Waals surface area (Å²) in [7, 11) is 2.14. The van der Waals surface area contributed by atoms with Crippen molar-refractivity contribution in [2.75, 3.05) is 33.2 Å². The Morgan fingerprint density at radius 3 is 2.74 bits per heavy atom. The Morgan fingerprint density at radius 1 is 1.32 bits per heavy atom. The molecule has 1 aromatic carbocycles. The summed E-state index contributed by atoms with van der Waals surface area (Å²) < 4.78 is 0. The fourth-order valence-corrected chi connectivity index (χ4v) is 2.65. The number of aliphatic carboxylic acids is 1. The van der Waals surface area contributed by atoms with Gasteiger partial charge in [-0.25, -0.2) is 0 Å². The molecule has 0 bridgehead atoms. The molecule has 0 amide bonds. The predicted octanol–water partition coefficient (Wildman–Crippen LogP) is 1.84. The van der Waals surface area contributed by atoms with Crippen molar-refractivity contribution in [2.24, 2.45) is 0 Å². The fourth-order valence-electron chi connectivity index (χ4n) is 2.65. The molecule has 1 atom stereocenters. The summed E-state index contributed by atoms with van der Waals surface area (Å²) in [6.07, 6.45) is 0.982. The van der Waals surface area contributed by atoms with Crippen molar-refractivity contribution in [1.82, 2.24) is 9.80 Å². The summed E-state index contributed by atoms with van der Waals surface area (Å²) >= 11 is 0. The first-order valence-electron chi connectivity index (χ1n) is 6.86. The third-order valence-corrected chi connectivity index (χ3v) is 3.71. The van der Waals surface area contributed by atoms with Crippen LogP contribution in [-0.2, 0) is 4.79 Å². The second-order valence-electron chi connectivity index (χ2n) is 5.22. The second kappa shape index (κ2) is 6.68. The third-order valence-electron chi connectivity index (χ3n) is 3.71. The van der Waals surface area contributed by atoms with Gasteiger partial charge < -0.3 is 10.0 Å². The molecule has 0 aliphatic carbocycles. The maximum atomic E-state index is 10.6. The lowest BCUT2D eigenvalue weighted by Crippen LogP contribution is -2.47. The second-order valence-corrected chi connectivity index (χ2v) is 5.22. The van der Waals surface area contributed by atoms with Crippen LogP contribution in [0.4, 0.5) is 0 Å². The van der Waals surface area contributed by atoms with E-state index in [1.807, 2.05) is 6.07 Å². The molecule has 1 saturated heterocycles. The van der Waals surface area contributed by atoms with Gasteiger partial charge in [-0.2, -0.15) is 0 Å². The summed E-state index contributed by atoms with van der Waals surface area (Å²) in [5.41, 5.74) is 1.32. The number of carbonyl (C=O) groups is 1. The molecule has 1 N–H and O–H groups in total. The zero-order valence-corrected chi connectivity index (χ0v) is 11.5. The predicted molar refractivity (Wildman–Crippen MR) is 75.1 cm³/mol. The minimum Gasteiger partial charge on any atom is -0.481 e. The zero-order chi connectivity index (χ0) is 13.7. The molecule has 19 heavy (non-hydrogen) atoms. The highest BCUT2D eigenvalue weighted by atomic mass is 16.4. The van der Waals surface area contributed by atoms with Gasteiger partial charge >= 0.3 is 5.97 Å². The largest absolute Gasteiger partial charge is 0.481 e.